The van der Waals surface area contributed by atoms with E-state index in [4.69, 9.17) is 77.4 Å². The highest BCUT2D eigenvalue weighted by Gasteiger charge is 2.28. The predicted octanol–water partition coefficient (Wildman–Crippen LogP) is 18.1. The minimum absolute atomic E-state index is 0. The molecule has 11 rings (SSSR count). The van der Waals surface area contributed by atoms with E-state index in [0.29, 0.717) is 36.6 Å². The SMILES string of the molecule is C.CC(C)(C)OC(=O)N1CCNCC1.Cc1cc(Cl)nc(Cl)n1.Cc1ccc(S)cc1.Cc1ccc(Sc2cc(C)nc(Cl)n2)cc1.Cc1ccc(Sc2cc(C)nc(N3CCN(C(=O)OC(C)(C)C)CC3)n2)cc1.Cc1ccc(Sc2cc(C)nc(N3CCNCC3)n2)cc1.ClCCl. The van der Waals surface area contributed by atoms with Gasteiger partial charge < -0.3 is 39.7 Å². The van der Waals surface area contributed by atoms with Crippen molar-refractivity contribution < 1.29 is 19.1 Å². The standard InChI is InChI=1S/C21H28N4O2S.C16H20N4S.C12H11ClN2S.C9H18N2O2.C7H8S.C5H4Cl2N2.CH2Cl2.CH4/c1-15-6-8-17(9-7-15)28-18-14-16(2)22-19(23-18)24-10-12-25(13-11-24)20(26)27-21(3,4)5;1-12-3-5-14(6-4-12)21-15-11-13(2)18-16(19-15)20-9-7-17-8-10-20;1-8-3-5-10(6-4-8)16-11-7-9(2)14-12(13)15-11;1-9(2,3)13-8(12)11-6-4-10-5-7-11;1-6-2-4-7(8)5-3-6;1-3-2-4(6)9-5(7)8-3;2-1-3;/h6-9,14H,10-13H2,1-5H3;3-6,11,17H,7-10H2,1-2H3;3-7H,1-2H3;10H,4-7H2,1-3H3;2-5,8H,1H3;2H,1H3;1H2;1H4. The maximum Gasteiger partial charge on any atom is 0.410 e. The van der Waals surface area contributed by atoms with Crippen molar-refractivity contribution in [3.05, 3.63) is 182 Å². The maximum atomic E-state index is 12.2. The molecule has 0 aliphatic carbocycles. The molecule has 99 heavy (non-hydrogen) atoms. The second kappa shape index (κ2) is 43.8. The lowest BCUT2D eigenvalue weighted by Crippen LogP contribution is -2.50. The molecule has 3 saturated heterocycles. The molecule has 18 nitrogen and oxygen atoms in total. The normalized spacial score (nSPS) is 13.4. The summed E-state index contributed by atoms with van der Waals surface area (Å²) in [6.45, 7) is 37.1. The molecule has 0 radical (unpaired) electrons. The van der Waals surface area contributed by atoms with Crippen molar-refractivity contribution in [3.63, 3.8) is 0 Å². The van der Waals surface area contributed by atoms with Crippen LogP contribution in [0.5, 0.6) is 0 Å². The molecule has 0 saturated carbocycles. The highest BCUT2D eigenvalue weighted by molar-refractivity contribution is 7.99. The van der Waals surface area contributed by atoms with Crippen LogP contribution in [-0.2, 0) is 9.47 Å². The van der Waals surface area contributed by atoms with Gasteiger partial charge in [0, 0.05) is 121 Å². The molecule has 3 fully saturated rings. The van der Waals surface area contributed by atoms with Gasteiger partial charge in [-0.05, 0) is 193 Å². The molecule has 27 heteroatoms. The van der Waals surface area contributed by atoms with Crippen LogP contribution >= 0.6 is 106 Å². The molecule has 0 unspecified atom stereocenters. The Kier molecular flexibility index (Phi) is 37.8. The van der Waals surface area contributed by atoms with Gasteiger partial charge in [-0.1, -0.05) is 125 Å². The number of piperazine rings is 3. The number of hydrogen-bond donors (Lipinski definition) is 3. The average Bonchev–Trinajstić information content (AvgIpc) is 0.931. The Hall–Kier alpha value is -5.89. The topological polar surface area (TPSA) is 193 Å². The number of rotatable bonds is 8. The molecular weight excluding hydrogens is 1430 g/mol. The van der Waals surface area contributed by atoms with Crippen LogP contribution in [0.1, 0.15) is 94.0 Å². The number of carbonyl (C=O) groups is 2. The second-order valence-corrected chi connectivity index (χ2v) is 30.3. The number of thiol groups is 1. The summed E-state index contributed by atoms with van der Waals surface area (Å²) in [4.78, 5) is 70.5. The molecule has 7 heterocycles. The fraction of sp³-hybridized carbons (Fsp3) is 0.417. The molecule has 4 aromatic carbocycles. The molecular formula is C72H95Cl5N14O4S4. The van der Waals surface area contributed by atoms with Crippen LogP contribution in [0.4, 0.5) is 21.5 Å². The van der Waals surface area contributed by atoms with E-state index in [1.807, 2.05) is 98.7 Å². The Morgan fingerprint density at radius 1 is 0.434 bits per heavy atom. The summed E-state index contributed by atoms with van der Waals surface area (Å²) in [6, 6.07) is 41.0. The molecule has 2 N–H and O–H groups in total. The zero-order valence-electron chi connectivity index (χ0n) is 58.3. The zero-order valence-corrected chi connectivity index (χ0v) is 65.4. The number of aromatic nitrogens is 8. The van der Waals surface area contributed by atoms with Crippen LogP contribution in [0.25, 0.3) is 0 Å². The van der Waals surface area contributed by atoms with Gasteiger partial charge in [-0.3, -0.25) is 0 Å². The van der Waals surface area contributed by atoms with E-state index in [-0.39, 0.29) is 35.8 Å². The van der Waals surface area contributed by atoms with Crippen molar-refractivity contribution in [2.24, 2.45) is 0 Å². The molecule has 0 bridgehead atoms. The van der Waals surface area contributed by atoms with Crippen molar-refractivity contribution in [1.29, 1.82) is 0 Å². The third-order valence-electron chi connectivity index (χ3n) is 13.4. The number of nitrogens with zero attached hydrogens (tertiary/aromatic N) is 12. The van der Waals surface area contributed by atoms with Crippen LogP contribution < -0.4 is 20.4 Å². The minimum atomic E-state index is -0.476. The van der Waals surface area contributed by atoms with Gasteiger partial charge in [0.15, 0.2) is 0 Å². The first-order valence-electron chi connectivity index (χ1n) is 31.8. The van der Waals surface area contributed by atoms with Crippen LogP contribution in [0.2, 0.25) is 15.7 Å². The summed E-state index contributed by atoms with van der Waals surface area (Å²) < 4.78 is 10.7. The van der Waals surface area contributed by atoms with Crippen molar-refractivity contribution in [2.75, 3.05) is 93.7 Å². The Morgan fingerprint density at radius 3 is 1.07 bits per heavy atom. The summed E-state index contributed by atoms with van der Waals surface area (Å²) in [7, 11) is 0. The second-order valence-electron chi connectivity index (χ2n) is 24.6. The lowest BCUT2D eigenvalue weighted by Gasteiger charge is -2.35. The van der Waals surface area contributed by atoms with Crippen molar-refractivity contribution in [3.8, 4) is 0 Å². The maximum absolute atomic E-state index is 12.2. The van der Waals surface area contributed by atoms with Crippen LogP contribution in [0, 0.1) is 55.4 Å². The van der Waals surface area contributed by atoms with Gasteiger partial charge in [0.2, 0.25) is 22.5 Å². The van der Waals surface area contributed by atoms with Gasteiger partial charge in [-0.25, -0.2) is 49.5 Å². The fourth-order valence-electron chi connectivity index (χ4n) is 8.67. The summed E-state index contributed by atoms with van der Waals surface area (Å²) in [5, 5.41) is 10.4. The summed E-state index contributed by atoms with van der Waals surface area (Å²) in [5.41, 5.74) is 7.81. The third-order valence-corrected chi connectivity index (χ3v) is 17.0. The Labute approximate surface area is 630 Å². The first kappa shape index (κ1) is 85.5. The summed E-state index contributed by atoms with van der Waals surface area (Å²) in [6.07, 6.45) is -0.457. The molecule has 0 atom stereocenters. The Morgan fingerprint density at radius 2 is 0.737 bits per heavy atom. The van der Waals surface area contributed by atoms with Gasteiger partial charge in [0.25, 0.3) is 0 Å². The third kappa shape index (κ3) is 35.0. The molecule has 2 amide bonds. The minimum Gasteiger partial charge on any atom is -0.444 e. The average molecular weight is 1530 g/mol. The van der Waals surface area contributed by atoms with Crippen LogP contribution in [0.3, 0.4) is 0 Å². The zero-order chi connectivity index (χ0) is 72.0. The Bertz CT molecular complexity index is 3620. The number of ether oxygens (including phenoxy) is 2. The van der Waals surface area contributed by atoms with Gasteiger partial charge >= 0.3 is 12.2 Å². The summed E-state index contributed by atoms with van der Waals surface area (Å²) >= 11 is 35.3. The van der Waals surface area contributed by atoms with Gasteiger partial charge in [-0.15, -0.1) is 35.8 Å². The highest BCUT2D eigenvalue weighted by atomic mass is 35.5. The van der Waals surface area contributed by atoms with E-state index in [1.54, 1.807) is 58.1 Å². The quantitative estimate of drug-likeness (QED) is 0.0562. The first-order chi connectivity index (χ1) is 46.4. The smallest absolute Gasteiger partial charge is 0.410 e. The monoisotopic (exact) mass is 1520 g/mol. The van der Waals surface area contributed by atoms with Crippen LogP contribution in [0.15, 0.2) is 156 Å². The number of hydrogen-bond acceptors (Lipinski definition) is 20. The van der Waals surface area contributed by atoms with Crippen molar-refractivity contribution in [1.82, 2.24) is 60.3 Å². The Balaban J connectivity index is 0.000000262. The van der Waals surface area contributed by atoms with E-state index in [0.717, 1.165) is 117 Å². The molecule has 3 aliphatic heterocycles. The number of carbonyl (C=O) groups excluding carboxylic acids is 2. The van der Waals surface area contributed by atoms with Gasteiger partial charge in [-0.2, -0.15) is 0 Å². The number of benzene rings is 4. The molecule has 0 spiro atoms. The number of alkyl halides is 2. The van der Waals surface area contributed by atoms with E-state index < -0.39 is 5.60 Å². The fourth-order valence-corrected chi connectivity index (χ4v) is 12.2. The van der Waals surface area contributed by atoms with Crippen molar-refractivity contribution >= 4 is 130 Å². The highest BCUT2D eigenvalue weighted by Crippen LogP contribution is 2.31. The molecule has 536 valence electrons. The van der Waals surface area contributed by atoms with E-state index in [2.05, 4.69) is 170 Å². The van der Waals surface area contributed by atoms with Gasteiger partial charge in [0.05, 0.1) is 5.34 Å². The molecule has 8 aromatic rings. The van der Waals surface area contributed by atoms with Gasteiger partial charge in [0.1, 0.15) is 31.4 Å². The number of halogens is 5. The number of nitrogens with one attached hydrogen (secondary N) is 2. The lowest BCUT2D eigenvalue weighted by molar-refractivity contribution is 0.0222. The largest absolute Gasteiger partial charge is 0.444 e. The lowest BCUT2D eigenvalue weighted by atomic mass is 10.2. The van der Waals surface area contributed by atoms with E-state index in [9.17, 15) is 9.59 Å². The van der Waals surface area contributed by atoms with E-state index in [1.165, 1.54) is 27.1 Å². The predicted molar refractivity (Wildman–Crippen MR) is 416 cm³/mol. The number of amides is 2. The van der Waals surface area contributed by atoms with Crippen LogP contribution in [-0.4, -0.2) is 157 Å². The first-order valence-corrected chi connectivity index (χ1v) is 36.9. The number of anilines is 2. The molecule has 3 aliphatic rings. The number of aryl methyl sites for hydroxylation is 8. The molecule has 4 aromatic heterocycles. The summed E-state index contributed by atoms with van der Waals surface area (Å²) in [5.74, 6) is 1.57. The van der Waals surface area contributed by atoms with E-state index >= 15 is 0 Å². The van der Waals surface area contributed by atoms with Crippen molar-refractivity contribution in [2.45, 2.75) is 150 Å².